The van der Waals surface area contributed by atoms with Gasteiger partial charge in [0.1, 0.15) is 18.3 Å². The van der Waals surface area contributed by atoms with Gasteiger partial charge in [0.25, 0.3) is 10.0 Å². The molecule has 0 saturated carbocycles. The fourth-order valence-corrected chi connectivity index (χ4v) is 6.16. The van der Waals surface area contributed by atoms with E-state index in [1.165, 1.54) is 24.1 Å². The number of amides is 2. The van der Waals surface area contributed by atoms with E-state index in [4.69, 9.17) is 4.74 Å². The summed E-state index contributed by atoms with van der Waals surface area (Å²) in [6.45, 7) is 3.66. The first kappa shape index (κ1) is 31.3. The summed E-state index contributed by atoms with van der Waals surface area (Å²) in [6.07, 6.45) is 0.259. The first-order chi connectivity index (χ1) is 20.7. The second-order valence-electron chi connectivity index (χ2n) is 10.1. The average molecular weight is 600 g/mol. The third-order valence-corrected chi connectivity index (χ3v) is 8.84. The Morgan fingerprint density at radius 1 is 0.837 bits per heavy atom. The van der Waals surface area contributed by atoms with Gasteiger partial charge < -0.3 is 15.0 Å². The van der Waals surface area contributed by atoms with Crippen LogP contribution in [0.4, 0.5) is 5.69 Å². The van der Waals surface area contributed by atoms with Gasteiger partial charge in [-0.2, -0.15) is 0 Å². The zero-order chi connectivity index (χ0) is 30.8. The molecule has 0 spiro atoms. The summed E-state index contributed by atoms with van der Waals surface area (Å²) in [5.41, 5.74) is 2.86. The van der Waals surface area contributed by atoms with E-state index in [1.807, 2.05) is 74.5 Å². The number of anilines is 1. The second-order valence-corrected chi connectivity index (χ2v) is 12.0. The van der Waals surface area contributed by atoms with Crippen LogP contribution >= 0.6 is 0 Å². The van der Waals surface area contributed by atoms with Crippen molar-refractivity contribution in [3.05, 3.63) is 126 Å². The lowest BCUT2D eigenvalue weighted by Crippen LogP contribution is -2.53. The van der Waals surface area contributed by atoms with Crippen molar-refractivity contribution in [1.29, 1.82) is 0 Å². The molecule has 0 radical (unpaired) electrons. The monoisotopic (exact) mass is 599 g/mol. The molecule has 43 heavy (non-hydrogen) atoms. The normalized spacial score (nSPS) is 11.8. The lowest BCUT2D eigenvalue weighted by molar-refractivity contribution is -0.140. The van der Waals surface area contributed by atoms with Gasteiger partial charge in [0.15, 0.2) is 0 Å². The zero-order valence-corrected chi connectivity index (χ0v) is 25.5. The number of ether oxygens (including phenoxy) is 1. The Hall–Kier alpha value is -4.63. The van der Waals surface area contributed by atoms with Crippen molar-refractivity contribution in [3.63, 3.8) is 0 Å². The summed E-state index contributed by atoms with van der Waals surface area (Å²) in [5, 5.41) is 2.87. The van der Waals surface area contributed by atoms with Crippen molar-refractivity contribution in [3.8, 4) is 5.75 Å². The summed E-state index contributed by atoms with van der Waals surface area (Å²) < 4.78 is 34.6. The molecule has 4 rings (SSSR count). The molecule has 4 aromatic rings. The number of carbonyl (C=O) groups is 2. The Bertz CT molecular complexity index is 1610. The van der Waals surface area contributed by atoms with Gasteiger partial charge in [-0.25, -0.2) is 8.42 Å². The van der Waals surface area contributed by atoms with Gasteiger partial charge in [0.05, 0.1) is 17.7 Å². The number of sulfonamides is 1. The summed E-state index contributed by atoms with van der Waals surface area (Å²) in [6, 6.07) is 31.0. The van der Waals surface area contributed by atoms with Gasteiger partial charge >= 0.3 is 0 Å². The summed E-state index contributed by atoms with van der Waals surface area (Å²) >= 11 is 0. The number of methoxy groups -OCH3 is 1. The van der Waals surface area contributed by atoms with E-state index in [1.54, 1.807) is 36.4 Å². The van der Waals surface area contributed by atoms with E-state index < -0.39 is 28.5 Å². The largest absolute Gasteiger partial charge is 0.497 e. The Balaban J connectivity index is 1.79. The molecular formula is C34H37N3O5S. The van der Waals surface area contributed by atoms with E-state index in [2.05, 4.69) is 5.32 Å². The molecule has 0 bridgehead atoms. The van der Waals surface area contributed by atoms with E-state index in [-0.39, 0.29) is 29.5 Å². The standard InChI is InChI=1S/C34H37N3O5S/c1-4-35-34(39)32(22-27-12-7-5-8-13-27)36(24-28-14-9-6-10-15-28)33(38)25-37(29-16-11-17-30(23-29)42-3)43(40,41)31-20-18-26(2)19-21-31/h5-21,23,32H,4,22,24-25H2,1-3H3,(H,35,39). The maximum atomic E-state index is 14.4. The molecule has 1 atom stereocenters. The number of carbonyl (C=O) groups excluding carboxylic acids is 2. The number of benzene rings is 4. The average Bonchev–Trinajstić information content (AvgIpc) is 3.02. The van der Waals surface area contributed by atoms with Crippen molar-refractivity contribution in [2.75, 3.05) is 24.5 Å². The molecule has 0 aliphatic carbocycles. The smallest absolute Gasteiger partial charge is 0.264 e. The predicted octanol–water partition coefficient (Wildman–Crippen LogP) is 4.98. The molecule has 0 aliphatic heterocycles. The van der Waals surface area contributed by atoms with Crippen LogP contribution in [0.25, 0.3) is 0 Å². The SMILES string of the molecule is CCNC(=O)C(Cc1ccccc1)N(Cc1ccccc1)C(=O)CN(c1cccc(OC)c1)S(=O)(=O)c1ccc(C)cc1. The lowest BCUT2D eigenvalue weighted by atomic mass is 10.0. The number of rotatable bonds is 13. The molecule has 1 unspecified atom stereocenters. The molecular weight excluding hydrogens is 562 g/mol. The van der Waals surface area contributed by atoms with Crippen molar-refractivity contribution in [1.82, 2.24) is 10.2 Å². The molecule has 4 aromatic carbocycles. The Kier molecular flexibility index (Phi) is 10.6. The highest BCUT2D eigenvalue weighted by Crippen LogP contribution is 2.28. The fourth-order valence-electron chi connectivity index (χ4n) is 4.76. The van der Waals surface area contributed by atoms with Crippen LogP contribution in [0, 0.1) is 6.92 Å². The topological polar surface area (TPSA) is 96.0 Å². The number of likely N-dealkylation sites (N-methyl/N-ethyl adjacent to an activating group) is 1. The maximum Gasteiger partial charge on any atom is 0.264 e. The van der Waals surface area contributed by atoms with E-state index in [9.17, 15) is 18.0 Å². The number of aryl methyl sites for hydroxylation is 1. The molecule has 0 aromatic heterocycles. The van der Waals surface area contributed by atoms with Crippen molar-refractivity contribution in [2.24, 2.45) is 0 Å². The van der Waals surface area contributed by atoms with Crippen molar-refractivity contribution >= 4 is 27.5 Å². The van der Waals surface area contributed by atoms with Crippen LogP contribution in [-0.2, 0) is 32.6 Å². The van der Waals surface area contributed by atoms with Crippen LogP contribution in [0.15, 0.2) is 114 Å². The van der Waals surface area contributed by atoms with E-state index in [0.717, 1.165) is 21.0 Å². The molecule has 2 amide bonds. The maximum absolute atomic E-state index is 14.4. The third kappa shape index (κ3) is 8.02. The quantitative estimate of drug-likeness (QED) is 0.234. The minimum atomic E-state index is -4.18. The highest BCUT2D eigenvalue weighted by Gasteiger charge is 2.34. The molecule has 0 saturated heterocycles. The molecule has 224 valence electrons. The first-order valence-corrected chi connectivity index (χ1v) is 15.6. The summed E-state index contributed by atoms with van der Waals surface area (Å²) in [4.78, 5) is 29.4. The minimum Gasteiger partial charge on any atom is -0.497 e. The molecule has 0 aliphatic rings. The number of nitrogens with one attached hydrogen (secondary N) is 1. The number of hydrogen-bond donors (Lipinski definition) is 1. The van der Waals surface area contributed by atoms with Crippen LogP contribution in [0.5, 0.6) is 5.75 Å². The van der Waals surface area contributed by atoms with E-state index >= 15 is 0 Å². The minimum absolute atomic E-state index is 0.0490. The molecule has 0 fully saturated rings. The first-order valence-electron chi connectivity index (χ1n) is 14.1. The summed E-state index contributed by atoms with van der Waals surface area (Å²) in [5.74, 6) is -0.390. The highest BCUT2D eigenvalue weighted by atomic mass is 32.2. The van der Waals surface area contributed by atoms with Crippen LogP contribution in [0.1, 0.15) is 23.6 Å². The van der Waals surface area contributed by atoms with Crippen molar-refractivity contribution in [2.45, 2.75) is 37.8 Å². The number of hydrogen-bond acceptors (Lipinski definition) is 5. The van der Waals surface area contributed by atoms with Gasteiger partial charge in [0.2, 0.25) is 11.8 Å². The Morgan fingerprint density at radius 3 is 2.07 bits per heavy atom. The van der Waals surface area contributed by atoms with E-state index in [0.29, 0.717) is 12.3 Å². The van der Waals surface area contributed by atoms with Gasteiger partial charge in [-0.1, -0.05) is 84.4 Å². The van der Waals surface area contributed by atoms with Gasteiger partial charge in [-0.05, 0) is 49.2 Å². The van der Waals surface area contributed by atoms with Gasteiger partial charge in [-0.3, -0.25) is 13.9 Å². The second kappa shape index (κ2) is 14.5. The lowest BCUT2D eigenvalue weighted by Gasteiger charge is -2.34. The predicted molar refractivity (Wildman–Crippen MR) is 168 cm³/mol. The highest BCUT2D eigenvalue weighted by molar-refractivity contribution is 7.92. The molecule has 9 heteroatoms. The van der Waals surface area contributed by atoms with Crippen molar-refractivity contribution < 1.29 is 22.7 Å². The Labute approximate surface area is 254 Å². The zero-order valence-electron chi connectivity index (χ0n) is 24.6. The van der Waals surface area contributed by atoms with Crippen LogP contribution < -0.4 is 14.4 Å². The fraction of sp³-hybridized carbons (Fsp3) is 0.235. The van der Waals surface area contributed by atoms with Gasteiger partial charge in [0, 0.05) is 25.6 Å². The van der Waals surface area contributed by atoms with Crippen LogP contribution in [0.3, 0.4) is 0 Å². The number of nitrogens with zero attached hydrogens (tertiary/aromatic N) is 2. The molecule has 8 nitrogen and oxygen atoms in total. The van der Waals surface area contributed by atoms with Gasteiger partial charge in [-0.15, -0.1) is 0 Å². The summed E-state index contributed by atoms with van der Waals surface area (Å²) in [7, 11) is -2.69. The molecule has 1 N–H and O–H groups in total. The Morgan fingerprint density at radius 2 is 1.47 bits per heavy atom. The van der Waals surface area contributed by atoms with Crippen LogP contribution in [-0.4, -0.2) is 51.4 Å². The molecule has 0 heterocycles. The van der Waals surface area contributed by atoms with Crippen LogP contribution in [0.2, 0.25) is 0 Å². The third-order valence-electron chi connectivity index (χ3n) is 7.05.